The summed E-state index contributed by atoms with van der Waals surface area (Å²) in [5.41, 5.74) is 0. The lowest BCUT2D eigenvalue weighted by Crippen LogP contribution is -2.30. The van der Waals surface area contributed by atoms with Crippen LogP contribution in [0, 0.1) is 0 Å². The summed E-state index contributed by atoms with van der Waals surface area (Å²) in [6, 6.07) is 0.851. The highest BCUT2D eigenvalue weighted by Gasteiger charge is 2.10. The molecule has 1 fully saturated rings. The van der Waals surface area contributed by atoms with Crippen molar-refractivity contribution in [2.24, 2.45) is 0 Å². The van der Waals surface area contributed by atoms with Gasteiger partial charge in [0.1, 0.15) is 0 Å². The summed E-state index contributed by atoms with van der Waals surface area (Å²) in [6.45, 7) is 7.33. The van der Waals surface area contributed by atoms with Crippen LogP contribution in [0.25, 0.3) is 0 Å². The van der Waals surface area contributed by atoms with Crippen LogP contribution in [0.3, 0.4) is 0 Å². The van der Waals surface area contributed by atoms with E-state index in [2.05, 4.69) is 12.2 Å². The highest BCUT2D eigenvalue weighted by atomic mass is 16.2. The molecule has 0 bridgehead atoms. The zero-order valence-electron chi connectivity index (χ0n) is 9.77. The molecule has 0 amide bonds. The van der Waals surface area contributed by atoms with E-state index in [0.29, 0.717) is 0 Å². The van der Waals surface area contributed by atoms with Gasteiger partial charge in [0, 0.05) is 13.2 Å². The van der Waals surface area contributed by atoms with Gasteiger partial charge in [0.2, 0.25) is 0 Å². The second kappa shape index (κ2) is 14.4. The van der Waals surface area contributed by atoms with Crippen molar-refractivity contribution in [1.29, 1.82) is 0 Å². The Hall–Kier alpha value is -0.0800. The lowest BCUT2D eigenvalue weighted by molar-refractivity contribution is 0.380. The maximum Gasteiger partial charge on any atom is 0.0319 e. The molecule has 2 nitrogen and oxygen atoms in total. The molecule has 2 heteroatoms. The molecule has 0 aromatic heterocycles. The highest BCUT2D eigenvalue weighted by molar-refractivity contribution is 4.70. The van der Waals surface area contributed by atoms with Crippen molar-refractivity contribution in [2.45, 2.75) is 58.9 Å². The molecule has 2 N–H and O–H groups in total. The lowest BCUT2D eigenvalue weighted by Gasteiger charge is -2.21. The van der Waals surface area contributed by atoms with Crippen LogP contribution in [-0.2, 0) is 0 Å². The molecule has 0 unspecified atom stereocenters. The molecule has 0 atom stereocenters. The van der Waals surface area contributed by atoms with E-state index in [1.54, 1.807) is 0 Å². The number of hydrogen-bond acceptors (Lipinski definition) is 2. The molecule has 0 radical (unpaired) electrons. The second-order valence-electron chi connectivity index (χ2n) is 2.89. The first-order chi connectivity index (χ1) is 6.43. The van der Waals surface area contributed by atoms with Crippen LogP contribution >= 0.6 is 0 Å². The number of nitrogens with one attached hydrogen (secondary N) is 1. The second-order valence-corrected chi connectivity index (χ2v) is 2.89. The third-order valence-electron chi connectivity index (χ3n) is 2.10. The molecule has 0 aliphatic heterocycles. The Bertz CT molecular complexity index is 67.7. The minimum absolute atomic E-state index is 0.851. The summed E-state index contributed by atoms with van der Waals surface area (Å²) in [7, 11) is 1.00. The van der Waals surface area contributed by atoms with Crippen molar-refractivity contribution >= 4 is 0 Å². The molecule has 0 aromatic carbocycles. The van der Waals surface area contributed by atoms with Crippen molar-refractivity contribution in [3.8, 4) is 0 Å². The largest absolute Gasteiger partial charge is 0.400 e. The fraction of sp³-hybridized carbons (Fsp3) is 1.00. The average Bonchev–Trinajstić information content (AvgIpc) is 2.26. The van der Waals surface area contributed by atoms with Gasteiger partial charge in [-0.25, -0.2) is 0 Å². The van der Waals surface area contributed by atoms with E-state index >= 15 is 0 Å². The molecule has 82 valence electrons. The predicted octanol–water partition coefficient (Wildman–Crippen LogP) is 2.56. The smallest absolute Gasteiger partial charge is 0.0319 e. The van der Waals surface area contributed by atoms with E-state index in [1.807, 2.05) is 13.8 Å². The van der Waals surface area contributed by atoms with Crippen molar-refractivity contribution in [3.05, 3.63) is 0 Å². The molecule has 1 saturated carbocycles. The van der Waals surface area contributed by atoms with Gasteiger partial charge >= 0.3 is 0 Å². The van der Waals surface area contributed by atoms with Crippen LogP contribution in [0.15, 0.2) is 0 Å². The monoisotopic (exact) mass is 189 g/mol. The molecular weight excluding hydrogens is 162 g/mol. The van der Waals surface area contributed by atoms with Gasteiger partial charge in [-0.2, -0.15) is 0 Å². The number of aliphatic hydroxyl groups excluding tert-OH is 1. The van der Waals surface area contributed by atoms with E-state index in [-0.39, 0.29) is 0 Å². The minimum atomic E-state index is 0.851. The first-order valence-electron chi connectivity index (χ1n) is 5.61. The van der Waals surface area contributed by atoms with Crippen molar-refractivity contribution < 1.29 is 5.11 Å². The third-order valence-corrected chi connectivity index (χ3v) is 2.10. The summed E-state index contributed by atoms with van der Waals surface area (Å²) in [5.74, 6) is 0. The van der Waals surface area contributed by atoms with Gasteiger partial charge in [-0.15, -0.1) is 0 Å². The lowest BCUT2D eigenvalue weighted by atomic mass is 9.96. The average molecular weight is 189 g/mol. The molecule has 1 aliphatic rings. The van der Waals surface area contributed by atoms with Crippen LogP contribution in [0.2, 0.25) is 0 Å². The Morgan fingerprint density at radius 3 is 1.92 bits per heavy atom. The Labute approximate surface area is 83.7 Å². The zero-order valence-corrected chi connectivity index (χ0v) is 9.77. The molecule has 13 heavy (non-hydrogen) atoms. The fourth-order valence-electron chi connectivity index (χ4n) is 1.60. The third kappa shape index (κ3) is 9.84. The predicted molar refractivity (Wildman–Crippen MR) is 60.0 cm³/mol. The topological polar surface area (TPSA) is 32.3 Å². The highest BCUT2D eigenvalue weighted by Crippen LogP contribution is 2.16. The minimum Gasteiger partial charge on any atom is -0.400 e. The van der Waals surface area contributed by atoms with Crippen LogP contribution in [0.1, 0.15) is 52.9 Å². The molecule has 0 aromatic rings. The Balaban J connectivity index is 0. The first-order valence-corrected chi connectivity index (χ1v) is 5.61. The number of aliphatic hydroxyl groups is 1. The molecule has 0 spiro atoms. The standard InChI is InChI=1S/C8H17N.C2H6.CH4O/c1-2-9-8-6-4-3-5-7-8;2*1-2/h8-9H,2-7H2,1H3;1-2H3;2H,1H3. The summed E-state index contributed by atoms with van der Waals surface area (Å²) >= 11 is 0. The Morgan fingerprint density at radius 2 is 1.54 bits per heavy atom. The molecule has 0 saturated heterocycles. The van der Waals surface area contributed by atoms with E-state index < -0.39 is 0 Å². The normalized spacial score (nSPS) is 16.4. The quantitative estimate of drug-likeness (QED) is 0.700. The van der Waals surface area contributed by atoms with Crippen molar-refractivity contribution in [3.63, 3.8) is 0 Å². The van der Waals surface area contributed by atoms with Crippen LogP contribution in [0.4, 0.5) is 0 Å². The zero-order chi connectivity index (χ0) is 10.5. The van der Waals surface area contributed by atoms with E-state index in [9.17, 15) is 0 Å². The fourth-order valence-corrected chi connectivity index (χ4v) is 1.60. The molecular formula is C11H27NO. The van der Waals surface area contributed by atoms with Crippen molar-refractivity contribution in [1.82, 2.24) is 5.32 Å². The number of hydrogen-bond donors (Lipinski definition) is 2. The maximum absolute atomic E-state index is 7.00. The Morgan fingerprint density at radius 1 is 1.08 bits per heavy atom. The SMILES string of the molecule is CC.CCNC1CCCCC1.CO. The number of rotatable bonds is 2. The van der Waals surface area contributed by atoms with Gasteiger partial charge in [0.15, 0.2) is 0 Å². The van der Waals surface area contributed by atoms with Gasteiger partial charge in [-0.05, 0) is 19.4 Å². The van der Waals surface area contributed by atoms with Gasteiger partial charge in [0.05, 0.1) is 0 Å². The van der Waals surface area contributed by atoms with Crippen LogP contribution in [0.5, 0.6) is 0 Å². The van der Waals surface area contributed by atoms with Gasteiger partial charge in [0.25, 0.3) is 0 Å². The van der Waals surface area contributed by atoms with Crippen LogP contribution < -0.4 is 5.32 Å². The molecule has 0 heterocycles. The molecule has 1 aliphatic carbocycles. The molecule has 1 rings (SSSR count). The summed E-state index contributed by atoms with van der Waals surface area (Å²) in [5, 5.41) is 10.5. The maximum atomic E-state index is 7.00. The summed E-state index contributed by atoms with van der Waals surface area (Å²) in [6.07, 6.45) is 7.17. The summed E-state index contributed by atoms with van der Waals surface area (Å²) < 4.78 is 0. The van der Waals surface area contributed by atoms with E-state index in [1.165, 1.54) is 32.1 Å². The first kappa shape index (κ1) is 15.4. The van der Waals surface area contributed by atoms with Gasteiger partial charge in [-0.3, -0.25) is 0 Å². The van der Waals surface area contributed by atoms with E-state index in [0.717, 1.165) is 19.7 Å². The van der Waals surface area contributed by atoms with Crippen LogP contribution in [-0.4, -0.2) is 24.8 Å². The van der Waals surface area contributed by atoms with Gasteiger partial charge < -0.3 is 10.4 Å². The van der Waals surface area contributed by atoms with Gasteiger partial charge in [-0.1, -0.05) is 40.0 Å². The Kier molecular flexibility index (Phi) is 17.1. The van der Waals surface area contributed by atoms with E-state index in [4.69, 9.17) is 5.11 Å². The summed E-state index contributed by atoms with van der Waals surface area (Å²) in [4.78, 5) is 0. The van der Waals surface area contributed by atoms with Crippen molar-refractivity contribution in [2.75, 3.05) is 13.7 Å².